The summed E-state index contributed by atoms with van der Waals surface area (Å²) in [7, 11) is -11.5. The van der Waals surface area contributed by atoms with E-state index in [9.17, 15) is 34.8 Å². The van der Waals surface area contributed by atoms with Gasteiger partial charge in [0.15, 0.2) is 0 Å². The molecule has 1 aromatic rings. The van der Waals surface area contributed by atoms with Crippen molar-refractivity contribution in [2.45, 2.75) is 56.4 Å². The van der Waals surface area contributed by atoms with E-state index in [1.807, 2.05) is 0 Å². The third kappa shape index (κ3) is 3.68. The third-order valence-corrected chi connectivity index (χ3v) is 9.23. The Kier molecular flexibility index (Phi) is 5.49. The lowest BCUT2D eigenvalue weighted by Gasteiger charge is -2.43. The maximum Gasteiger partial charge on any atom is 0.523 e. The van der Waals surface area contributed by atoms with Crippen molar-refractivity contribution in [2.24, 2.45) is 5.41 Å². The van der Waals surface area contributed by atoms with E-state index < -0.39 is 46.7 Å². The molecule has 1 heterocycles. The van der Waals surface area contributed by atoms with E-state index in [1.165, 1.54) is 26.8 Å². The van der Waals surface area contributed by atoms with Gasteiger partial charge in [-0.25, -0.2) is 0 Å². The van der Waals surface area contributed by atoms with Crippen molar-refractivity contribution in [2.75, 3.05) is 0 Å². The van der Waals surface area contributed by atoms with Crippen LogP contribution < -0.4 is 0 Å². The molecule has 1 atom stereocenters. The Balaban J connectivity index is 2.92. The Hall–Kier alpha value is -1.20. The first kappa shape index (κ1) is 23.1. The van der Waals surface area contributed by atoms with E-state index in [0.29, 0.717) is 5.56 Å². The molecule has 0 spiro atoms. The predicted molar refractivity (Wildman–Crippen MR) is 95.9 cm³/mol. The molecule has 28 heavy (non-hydrogen) atoms. The lowest BCUT2D eigenvalue weighted by atomic mass is 9.94. The molecule has 1 unspecified atom stereocenters. The predicted octanol–water partition coefficient (Wildman–Crippen LogP) is 6.68. The summed E-state index contributed by atoms with van der Waals surface area (Å²) >= 11 is 0. The first-order chi connectivity index (χ1) is 12.3. The van der Waals surface area contributed by atoms with E-state index >= 15 is 0 Å². The first-order valence-corrected chi connectivity index (χ1v) is 11.1. The summed E-state index contributed by atoms with van der Waals surface area (Å²) in [6, 6.07) is 4.01. The molecule has 1 aliphatic rings. The van der Waals surface area contributed by atoms with Gasteiger partial charge in [-0.1, -0.05) is 46.8 Å². The van der Waals surface area contributed by atoms with Crippen molar-refractivity contribution in [1.82, 2.24) is 0 Å². The zero-order valence-corrected chi connectivity index (χ0v) is 17.3. The van der Waals surface area contributed by atoms with E-state index in [1.54, 1.807) is 19.9 Å². The minimum atomic E-state index is -6.52. The molecule has 0 N–H and O–H groups in total. The molecule has 0 amide bonds. The third-order valence-electron chi connectivity index (χ3n) is 4.15. The van der Waals surface area contributed by atoms with Gasteiger partial charge in [0.05, 0.1) is 0 Å². The molecule has 0 saturated heterocycles. The van der Waals surface area contributed by atoms with Crippen LogP contribution in [0.2, 0.25) is 0 Å². The van der Waals surface area contributed by atoms with E-state index in [0.717, 1.165) is 12.1 Å². The van der Waals surface area contributed by atoms with Crippen LogP contribution in [-0.4, -0.2) is 19.4 Å². The van der Waals surface area contributed by atoms with Crippen LogP contribution in [0.15, 0.2) is 28.0 Å². The molecule has 0 fully saturated rings. The van der Waals surface area contributed by atoms with Crippen molar-refractivity contribution >= 4 is 26.5 Å². The van der Waals surface area contributed by atoms with Gasteiger partial charge in [0.25, 0.3) is 0 Å². The summed E-state index contributed by atoms with van der Waals surface area (Å²) in [6.45, 7) is 7.50. The van der Waals surface area contributed by atoms with Gasteiger partial charge in [0.1, 0.15) is 0 Å². The van der Waals surface area contributed by atoms with Crippen LogP contribution in [0.5, 0.6) is 0 Å². The number of hydrogen-bond donors (Lipinski definition) is 0. The van der Waals surface area contributed by atoms with Gasteiger partial charge in [-0.05, 0) is 34.6 Å². The fourth-order valence-corrected chi connectivity index (χ4v) is 7.73. The van der Waals surface area contributed by atoms with Crippen LogP contribution >= 0.6 is 10.3 Å². The fraction of sp³-hybridized carbons (Fsp3) is 0.529. The Morgan fingerprint density at radius 1 is 1.00 bits per heavy atom. The lowest BCUT2D eigenvalue weighted by Crippen LogP contribution is -2.34. The average Bonchev–Trinajstić information content (AvgIpc) is 2.80. The smallest absolute Gasteiger partial charge is 0.196 e. The van der Waals surface area contributed by atoms with Gasteiger partial charge in [0, 0.05) is 20.1 Å². The Bertz CT molecular complexity index is 908. The molecule has 0 bridgehead atoms. The monoisotopic (exact) mass is 450 g/mol. The van der Waals surface area contributed by atoms with Gasteiger partial charge in [-0.3, -0.25) is 0 Å². The van der Waals surface area contributed by atoms with Crippen LogP contribution in [-0.2, 0) is 13.7 Å². The standard InChI is InChI=1S/C17H20F6O3S2/c1-10(2)11-6-7-12-9-14(15(3,4)5)27(13(12)8-11,16(18,19)20)26-28(24,25)17(21,22)23/h6-10H,1-5H3. The molecule has 0 radical (unpaired) electrons. The lowest BCUT2D eigenvalue weighted by molar-refractivity contribution is -0.0548. The normalized spacial score (nSPS) is 23.4. The van der Waals surface area contributed by atoms with Crippen molar-refractivity contribution in [1.29, 1.82) is 0 Å². The average molecular weight is 450 g/mol. The number of halogens is 6. The van der Waals surface area contributed by atoms with E-state index in [4.69, 9.17) is 0 Å². The molecule has 0 aromatic heterocycles. The highest BCUT2D eigenvalue weighted by Crippen LogP contribution is 2.80. The second kappa shape index (κ2) is 6.66. The van der Waals surface area contributed by atoms with Crippen molar-refractivity contribution < 1.29 is 38.4 Å². The molecule has 1 aliphatic heterocycles. The molecule has 11 heteroatoms. The molecule has 0 saturated carbocycles. The molecular formula is C17H20F6O3S2. The zero-order chi connectivity index (χ0) is 21.9. The van der Waals surface area contributed by atoms with Crippen molar-refractivity contribution in [3.8, 4) is 0 Å². The van der Waals surface area contributed by atoms with E-state index in [-0.39, 0.29) is 11.5 Å². The maximum absolute atomic E-state index is 14.4. The van der Waals surface area contributed by atoms with Gasteiger partial charge < -0.3 is 0 Å². The Labute approximate surface area is 161 Å². The number of allylic oxidation sites excluding steroid dienone is 1. The van der Waals surface area contributed by atoms with Crippen LogP contribution in [0.25, 0.3) is 6.08 Å². The summed E-state index contributed by atoms with van der Waals surface area (Å²) in [6.07, 6.45) is 1.09. The molecular weight excluding hydrogens is 430 g/mol. The van der Waals surface area contributed by atoms with Gasteiger partial charge >= 0.3 is 21.1 Å². The van der Waals surface area contributed by atoms with Crippen molar-refractivity contribution in [3.63, 3.8) is 0 Å². The second-order valence-electron chi connectivity index (χ2n) is 7.68. The summed E-state index contributed by atoms with van der Waals surface area (Å²) < 4.78 is 110. The molecule has 2 rings (SSSR count). The van der Waals surface area contributed by atoms with Crippen LogP contribution in [0.3, 0.4) is 0 Å². The van der Waals surface area contributed by atoms with Gasteiger partial charge in [-0.2, -0.15) is 38.4 Å². The highest BCUT2D eigenvalue weighted by Gasteiger charge is 2.65. The van der Waals surface area contributed by atoms with E-state index in [2.05, 4.69) is 3.63 Å². The van der Waals surface area contributed by atoms with Crippen molar-refractivity contribution in [3.05, 3.63) is 34.2 Å². The largest absolute Gasteiger partial charge is 0.523 e. The number of benzene rings is 1. The highest BCUT2D eigenvalue weighted by molar-refractivity contribution is 8.37. The number of hydrogen-bond acceptors (Lipinski definition) is 3. The topological polar surface area (TPSA) is 43.4 Å². The molecule has 3 nitrogen and oxygen atoms in total. The summed E-state index contributed by atoms with van der Waals surface area (Å²) in [5.41, 5.74) is -12.2. The maximum atomic E-state index is 14.4. The summed E-state index contributed by atoms with van der Waals surface area (Å²) in [4.78, 5) is -1.11. The molecule has 0 aliphatic carbocycles. The number of alkyl halides is 6. The summed E-state index contributed by atoms with van der Waals surface area (Å²) in [5, 5.41) is 0. The highest BCUT2D eigenvalue weighted by atomic mass is 32.3. The fourth-order valence-electron chi connectivity index (χ4n) is 2.80. The molecule has 1 aromatic carbocycles. The quantitative estimate of drug-likeness (QED) is 0.381. The summed E-state index contributed by atoms with van der Waals surface area (Å²) in [5.74, 6) is -0.228. The Morgan fingerprint density at radius 2 is 1.54 bits per heavy atom. The van der Waals surface area contributed by atoms with Crippen LogP contribution in [0.4, 0.5) is 26.3 Å². The van der Waals surface area contributed by atoms with Crippen LogP contribution in [0.1, 0.15) is 51.7 Å². The zero-order valence-electron chi connectivity index (χ0n) is 15.7. The molecule has 160 valence electrons. The SMILES string of the molecule is CC(C)c1ccc2c(c1)S(OS(=O)(=O)C(F)(F)F)(C(F)(F)F)C(C(C)(C)C)=C2. The van der Waals surface area contributed by atoms with Gasteiger partial charge in [0.2, 0.25) is 0 Å². The van der Waals surface area contributed by atoms with Crippen LogP contribution in [0, 0.1) is 5.41 Å². The first-order valence-electron chi connectivity index (χ1n) is 8.13. The minimum Gasteiger partial charge on any atom is -0.196 e. The second-order valence-corrected chi connectivity index (χ2v) is 12.1. The number of fused-ring (bicyclic) bond motifs is 1. The number of rotatable bonds is 3. The minimum absolute atomic E-state index is 0.000903. The Morgan fingerprint density at radius 3 is 1.93 bits per heavy atom. The van der Waals surface area contributed by atoms with Gasteiger partial charge in [-0.15, -0.1) is 0 Å².